The molecule has 2 N–H and O–H groups in total. The number of ether oxygens (including phenoxy) is 1. The Morgan fingerprint density at radius 1 is 1.17 bits per heavy atom. The second-order valence-corrected chi connectivity index (χ2v) is 7.37. The van der Waals surface area contributed by atoms with E-state index in [1.165, 1.54) is 0 Å². The molecule has 0 saturated carbocycles. The molecule has 2 aromatic carbocycles. The van der Waals surface area contributed by atoms with Gasteiger partial charge in [0.25, 0.3) is 5.91 Å². The largest absolute Gasteiger partial charge is 0.490 e. The molecule has 7 nitrogen and oxygen atoms in total. The Morgan fingerprint density at radius 3 is 2.70 bits per heavy atom. The van der Waals surface area contributed by atoms with Crippen LogP contribution in [0.15, 0.2) is 52.7 Å². The lowest BCUT2D eigenvalue weighted by atomic mass is 10.00. The lowest BCUT2D eigenvalue weighted by molar-refractivity contribution is -0.139. The quantitative estimate of drug-likeness (QED) is 0.456. The molecule has 0 aliphatic carbocycles. The number of hydrogen-bond acceptors (Lipinski definition) is 5. The average Bonchev–Trinajstić information content (AvgIpc) is 2.73. The molecule has 1 atom stereocenters. The highest BCUT2D eigenvalue weighted by molar-refractivity contribution is 6.04. The van der Waals surface area contributed by atoms with Crippen LogP contribution >= 0.6 is 0 Å². The Labute approximate surface area is 176 Å². The number of hydrogen-bond donors (Lipinski definition) is 2. The van der Waals surface area contributed by atoms with Crippen LogP contribution in [0.5, 0.6) is 5.75 Å². The normalized spacial score (nSPS) is 15.4. The molecular formula is C23H27N3O4. The van der Waals surface area contributed by atoms with Crippen LogP contribution in [-0.4, -0.2) is 29.6 Å². The molecule has 1 heterocycles. The number of rotatable bonds is 9. The Balaban J connectivity index is 1.56. The Kier molecular flexibility index (Phi) is 7.54. The summed E-state index contributed by atoms with van der Waals surface area (Å²) in [7, 11) is 0. The van der Waals surface area contributed by atoms with Gasteiger partial charge in [0, 0.05) is 11.3 Å². The summed E-state index contributed by atoms with van der Waals surface area (Å²) in [5, 5.41) is 20.1. The smallest absolute Gasteiger partial charge is 0.307 e. The first kappa shape index (κ1) is 21.5. The van der Waals surface area contributed by atoms with E-state index < -0.39 is 5.97 Å². The summed E-state index contributed by atoms with van der Waals surface area (Å²) in [5.41, 5.74) is 3.23. The van der Waals surface area contributed by atoms with Crippen molar-refractivity contribution in [3.63, 3.8) is 0 Å². The van der Waals surface area contributed by atoms with Gasteiger partial charge in [-0.2, -0.15) is 10.2 Å². The fraction of sp³-hybridized carbons (Fsp3) is 0.391. The van der Waals surface area contributed by atoms with Gasteiger partial charge in [0.15, 0.2) is 0 Å². The number of azo groups is 1. The first-order valence-electron chi connectivity index (χ1n) is 10.3. The number of amides is 1. The van der Waals surface area contributed by atoms with Gasteiger partial charge in [-0.05, 0) is 60.7 Å². The molecule has 0 spiro atoms. The van der Waals surface area contributed by atoms with Crippen LogP contribution in [-0.2, 0) is 17.8 Å². The fourth-order valence-corrected chi connectivity index (χ4v) is 3.26. The van der Waals surface area contributed by atoms with E-state index in [9.17, 15) is 9.59 Å². The van der Waals surface area contributed by atoms with Crippen LogP contribution in [0.1, 0.15) is 54.1 Å². The summed E-state index contributed by atoms with van der Waals surface area (Å²) in [6.45, 7) is 3.39. The number of carboxylic acids is 1. The Hall–Kier alpha value is -3.22. The number of unbranched alkanes of at least 4 members (excludes halogenated alkanes) is 1. The van der Waals surface area contributed by atoms with Crippen molar-refractivity contribution >= 4 is 17.6 Å². The summed E-state index contributed by atoms with van der Waals surface area (Å²) in [6, 6.07) is 12.8. The SMILES string of the molecule is CCCCN=NCc1ccc(C(=O)Nc2ccc3c(c2)CCC(CC(=O)O)O3)cc1. The number of benzene rings is 2. The number of carboxylic acid groups (broad SMARTS) is 1. The minimum Gasteiger partial charge on any atom is -0.490 e. The Bertz CT molecular complexity index is 909. The summed E-state index contributed by atoms with van der Waals surface area (Å²) >= 11 is 0. The monoisotopic (exact) mass is 409 g/mol. The van der Waals surface area contributed by atoms with E-state index in [4.69, 9.17) is 9.84 Å². The van der Waals surface area contributed by atoms with Crippen LogP contribution in [0.3, 0.4) is 0 Å². The van der Waals surface area contributed by atoms with Crippen molar-refractivity contribution in [2.75, 3.05) is 11.9 Å². The van der Waals surface area contributed by atoms with E-state index in [2.05, 4.69) is 22.5 Å². The van der Waals surface area contributed by atoms with Crippen molar-refractivity contribution in [1.29, 1.82) is 0 Å². The van der Waals surface area contributed by atoms with Gasteiger partial charge < -0.3 is 15.2 Å². The third kappa shape index (κ3) is 6.14. The molecule has 0 radical (unpaired) electrons. The van der Waals surface area contributed by atoms with Gasteiger partial charge in [-0.25, -0.2) is 0 Å². The summed E-state index contributed by atoms with van der Waals surface area (Å²) < 4.78 is 5.74. The predicted octanol–water partition coefficient (Wildman–Crippen LogP) is 4.86. The van der Waals surface area contributed by atoms with Crippen molar-refractivity contribution in [1.82, 2.24) is 0 Å². The highest BCUT2D eigenvalue weighted by Gasteiger charge is 2.22. The number of carbonyl (C=O) groups excluding carboxylic acids is 1. The van der Waals surface area contributed by atoms with Crippen LogP contribution in [0.4, 0.5) is 5.69 Å². The van der Waals surface area contributed by atoms with E-state index in [0.29, 0.717) is 30.0 Å². The first-order chi connectivity index (χ1) is 14.5. The van der Waals surface area contributed by atoms with Gasteiger partial charge in [-0.15, -0.1) is 0 Å². The van der Waals surface area contributed by atoms with E-state index in [0.717, 1.165) is 36.9 Å². The number of nitrogens with zero attached hydrogens (tertiary/aromatic N) is 2. The summed E-state index contributed by atoms with van der Waals surface area (Å²) in [5.74, 6) is -0.368. The Morgan fingerprint density at radius 2 is 1.97 bits per heavy atom. The van der Waals surface area contributed by atoms with Gasteiger partial charge in [0.2, 0.25) is 0 Å². The van der Waals surface area contributed by atoms with Gasteiger partial charge in [0.1, 0.15) is 11.9 Å². The third-order valence-electron chi connectivity index (χ3n) is 4.93. The summed E-state index contributed by atoms with van der Waals surface area (Å²) in [6.07, 6.45) is 3.20. The summed E-state index contributed by atoms with van der Waals surface area (Å²) in [4.78, 5) is 23.4. The number of anilines is 1. The fourth-order valence-electron chi connectivity index (χ4n) is 3.26. The number of aryl methyl sites for hydroxylation is 1. The molecule has 0 fully saturated rings. The van der Waals surface area contributed by atoms with Gasteiger partial charge in [0.05, 0.1) is 19.5 Å². The second kappa shape index (κ2) is 10.5. The minimum atomic E-state index is -0.863. The highest BCUT2D eigenvalue weighted by Crippen LogP contribution is 2.31. The zero-order valence-electron chi connectivity index (χ0n) is 17.1. The molecule has 7 heteroatoms. The molecular weight excluding hydrogens is 382 g/mol. The topological polar surface area (TPSA) is 100 Å². The third-order valence-corrected chi connectivity index (χ3v) is 4.93. The molecule has 1 unspecified atom stereocenters. The maximum Gasteiger partial charge on any atom is 0.307 e. The van der Waals surface area contributed by atoms with Gasteiger partial charge in [-0.1, -0.05) is 25.5 Å². The van der Waals surface area contributed by atoms with E-state index in [1.54, 1.807) is 24.3 Å². The standard InChI is InChI=1S/C23H27N3O4/c1-2-3-12-24-25-15-16-4-6-17(7-5-16)23(29)26-19-9-11-21-18(13-19)8-10-20(30-21)14-22(27)28/h4-7,9,11,13,20H,2-3,8,10,12,14-15H2,1H3,(H,26,29)(H,27,28). The molecule has 3 rings (SSSR count). The van der Waals surface area contributed by atoms with Crippen LogP contribution in [0, 0.1) is 0 Å². The zero-order valence-corrected chi connectivity index (χ0v) is 17.1. The number of nitrogens with one attached hydrogen (secondary N) is 1. The predicted molar refractivity (Wildman–Crippen MR) is 114 cm³/mol. The maximum absolute atomic E-state index is 12.5. The minimum absolute atomic E-state index is 0.00592. The van der Waals surface area contributed by atoms with Crippen LogP contribution in [0.25, 0.3) is 0 Å². The molecule has 1 aliphatic heterocycles. The molecule has 1 amide bonds. The van der Waals surface area contributed by atoms with E-state index in [1.807, 2.05) is 18.2 Å². The molecule has 0 saturated heterocycles. The lowest BCUT2D eigenvalue weighted by Crippen LogP contribution is -2.25. The van der Waals surface area contributed by atoms with E-state index >= 15 is 0 Å². The van der Waals surface area contributed by atoms with Crippen molar-refractivity contribution in [3.8, 4) is 5.75 Å². The van der Waals surface area contributed by atoms with Gasteiger partial charge >= 0.3 is 5.97 Å². The molecule has 0 bridgehead atoms. The van der Waals surface area contributed by atoms with Crippen LogP contribution in [0.2, 0.25) is 0 Å². The molecule has 2 aromatic rings. The number of aliphatic carboxylic acids is 1. The number of fused-ring (bicyclic) bond motifs is 1. The zero-order chi connectivity index (χ0) is 21.3. The second-order valence-electron chi connectivity index (χ2n) is 7.37. The molecule has 1 aliphatic rings. The lowest BCUT2D eigenvalue weighted by Gasteiger charge is -2.25. The van der Waals surface area contributed by atoms with Gasteiger partial charge in [-0.3, -0.25) is 9.59 Å². The van der Waals surface area contributed by atoms with E-state index in [-0.39, 0.29) is 18.4 Å². The average molecular weight is 409 g/mol. The number of carbonyl (C=O) groups is 2. The molecule has 30 heavy (non-hydrogen) atoms. The van der Waals surface area contributed by atoms with Crippen molar-refractivity contribution in [2.45, 2.75) is 51.7 Å². The van der Waals surface area contributed by atoms with Crippen LogP contribution < -0.4 is 10.1 Å². The van der Waals surface area contributed by atoms with Crippen molar-refractivity contribution < 1.29 is 19.4 Å². The maximum atomic E-state index is 12.5. The molecule has 158 valence electrons. The molecule has 0 aromatic heterocycles. The first-order valence-corrected chi connectivity index (χ1v) is 10.3. The van der Waals surface area contributed by atoms with Crippen molar-refractivity contribution in [3.05, 3.63) is 59.2 Å². The highest BCUT2D eigenvalue weighted by atomic mass is 16.5. The van der Waals surface area contributed by atoms with Crippen molar-refractivity contribution in [2.24, 2.45) is 10.2 Å².